The summed E-state index contributed by atoms with van der Waals surface area (Å²) < 4.78 is 1.90. The van der Waals surface area contributed by atoms with E-state index in [1.807, 2.05) is 43.3 Å². The molecule has 0 aliphatic rings. The molecule has 0 radical (unpaired) electrons. The normalized spacial score (nSPS) is 10.6. The summed E-state index contributed by atoms with van der Waals surface area (Å²) in [6.07, 6.45) is 5.78. The van der Waals surface area contributed by atoms with E-state index < -0.39 is 0 Å². The summed E-state index contributed by atoms with van der Waals surface area (Å²) in [6, 6.07) is 4.14. The number of nitrogens with zero attached hydrogens (tertiary/aromatic N) is 3. The standard InChI is InChI=1S/C12H16N4/c1-10-5-15-16(8-10)9-12-4-3-11(6-13-2)7-14-12/h3-5,7-8,13H,6,9H2,1-2H3. The Morgan fingerprint density at radius 2 is 2.19 bits per heavy atom. The molecule has 2 aromatic heterocycles. The molecule has 0 saturated heterocycles. The van der Waals surface area contributed by atoms with Crippen molar-refractivity contribution < 1.29 is 0 Å². The molecule has 2 rings (SSSR count). The van der Waals surface area contributed by atoms with Gasteiger partial charge in [-0.3, -0.25) is 9.67 Å². The SMILES string of the molecule is CNCc1ccc(Cn2cc(C)cn2)nc1. The lowest BCUT2D eigenvalue weighted by molar-refractivity contribution is 0.671. The van der Waals surface area contributed by atoms with Gasteiger partial charge < -0.3 is 5.32 Å². The van der Waals surface area contributed by atoms with Gasteiger partial charge in [-0.05, 0) is 31.2 Å². The zero-order valence-corrected chi connectivity index (χ0v) is 9.64. The van der Waals surface area contributed by atoms with Crippen molar-refractivity contribution in [2.45, 2.75) is 20.0 Å². The lowest BCUT2D eigenvalue weighted by Crippen LogP contribution is -2.07. The molecule has 4 heteroatoms. The minimum atomic E-state index is 0.730. The first kappa shape index (κ1) is 10.8. The van der Waals surface area contributed by atoms with Crippen LogP contribution in [0.15, 0.2) is 30.7 Å². The van der Waals surface area contributed by atoms with Gasteiger partial charge in [-0.15, -0.1) is 0 Å². The van der Waals surface area contributed by atoms with Crippen LogP contribution in [-0.2, 0) is 13.1 Å². The van der Waals surface area contributed by atoms with Gasteiger partial charge in [0.15, 0.2) is 0 Å². The first-order valence-electron chi connectivity index (χ1n) is 5.35. The maximum absolute atomic E-state index is 4.40. The summed E-state index contributed by atoms with van der Waals surface area (Å²) in [5, 5.41) is 7.33. The van der Waals surface area contributed by atoms with Crippen molar-refractivity contribution in [2.75, 3.05) is 7.05 Å². The molecule has 2 aromatic rings. The van der Waals surface area contributed by atoms with E-state index in [2.05, 4.69) is 21.5 Å². The number of aromatic nitrogens is 3. The molecule has 0 aromatic carbocycles. The number of hydrogen-bond donors (Lipinski definition) is 1. The first-order valence-corrected chi connectivity index (χ1v) is 5.35. The van der Waals surface area contributed by atoms with E-state index in [9.17, 15) is 0 Å². The highest BCUT2D eigenvalue weighted by molar-refractivity contribution is 5.14. The quantitative estimate of drug-likeness (QED) is 0.839. The Balaban J connectivity index is 2.05. The molecule has 1 N–H and O–H groups in total. The van der Waals surface area contributed by atoms with Gasteiger partial charge >= 0.3 is 0 Å². The van der Waals surface area contributed by atoms with Crippen molar-refractivity contribution in [2.24, 2.45) is 0 Å². The molecule has 0 amide bonds. The average Bonchev–Trinajstić information content (AvgIpc) is 2.67. The zero-order chi connectivity index (χ0) is 11.4. The first-order chi connectivity index (χ1) is 7.78. The lowest BCUT2D eigenvalue weighted by atomic mass is 10.2. The van der Waals surface area contributed by atoms with Crippen LogP contribution in [0.2, 0.25) is 0 Å². The highest BCUT2D eigenvalue weighted by Crippen LogP contribution is 2.03. The van der Waals surface area contributed by atoms with Gasteiger partial charge in [0.2, 0.25) is 0 Å². The van der Waals surface area contributed by atoms with Crippen LogP contribution in [0.1, 0.15) is 16.8 Å². The zero-order valence-electron chi connectivity index (χ0n) is 9.64. The van der Waals surface area contributed by atoms with Crippen LogP contribution in [0.25, 0.3) is 0 Å². The predicted octanol–water partition coefficient (Wildman–Crippen LogP) is 1.35. The van der Waals surface area contributed by atoms with Gasteiger partial charge in [-0.2, -0.15) is 5.10 Å². The third-order valence-corrected chi connectivity index (χ3v) is 2.35. The van der Waals surface area contributed by atoms with Crippen molar-refractivity contribution in [1.29, 1.82) is 0 Å². The molecule has 2 heterocycles. The Hall–Kier alpha value is -1.68. The third-order valence-electron chi connectivity index (χ3n) is 2.35. The second-order valence-electron chi connectivity index (χ2n) is 3.90. The second-order valence-corrected chi connectivity index (χ2v) is 3.90. The van der Waals surface area contributed by atoms with Crippen molar-refractivity contribution in [3.63, 3.8) is 0 Å². The summed E-state index contributed by atoms with van der Waals surface area (Å²) in [6.45, 7) is 3.62. The molecule has 0 unspecified atom stereocenters. The van der Waals surface area contributed by atoms with E-state index in [-0.39, 0.29) is 0 Å². The van der Waals surface area contributed by atoms with Crippen molar-refractivity contribution in [1.82, 2.24) is 20.1 Å². The monoisotopic (exact) mass is 216 g/mol. The number of aryl methyl sites for hydroxylation is 1. The summed E-state index contributed by atoms with van der Waals surface area (Å²) in [5.41, 5.74) is 3.40. The van der Waals surface area contributed by atoms with Crippen LogP contribution in [0.5, 0.6) is 0 Å². The lowest BCUT2D eigenvalue weighted by Gasteiger charge is -2.03. The maximum atomic E-state index is 4.40. The summed E-state index contributed by atoms with van der Waals surface area (Å²) in [5.74, 6) is 0. The van der Waals surface area contributed by atoms with Gasteiger partial charge in [-0.25, -0.2) is 0 Å². The third kappa shape index (κ3) is 2.67. The Morgan fingerprint density at radius 1 is 1.31 bits per heavy atom. The number of rotatable bonds is 4. The molecule has 0 bridgehead atoms. The molecular weight excluding hydrogens is 200 g/mol. The van der Waals surface area contributed by atoms with Crippen LogP contribution in [0.4, 0.5) is 0 Å². The molecule has 0 atom stereocenters. The molecular formula is C12H16N4. The number of hydrogen-bond acceptors (Lipinski definition) is 3. The Bertz CT molecular complexity index is 444. The summed E-state index contributed by atoms with van der Waals surface area (Å²) in [4.78, 5) is 4.40. The summed E-state index contributed by atoms with van der Waals surface area (Å²) >= 11 is 0. The average molecular weight is 216 g/mol. The summed E-state index contributed by atoms with van der Waals surface area (Å²) in [7, 11) is 1.93. The second kappa shape index (κ2) is 4.90. The van der Waals surface area contributed by atoms with Crippen molar-refractivity contribution in [3.8, 4) is 0 Å². The number of nitrogens with one attached hydrogen (secondary N) is 1. The van der Waals surface area contributed by atoms with Gasteiger partial charge in [0.25, 0.3) is 0 Å². The van der Waals surface area contributed by atoms with E-state index >= 15 is 0 Å². The maximum Gasteiger partial charge on any atom is 0.0831 e. The largest absolute Gasteiger partial charge is 0.316 e. The fourth-order valence-electron chi connectivity index (χ4n) is 1.58. The van der Waals surface area contributed by atoms with E-state index in [4.69, 9.17) is 0 Å². The highest BCUT2D eigenvalue weighted by Gasteiger charge is 1.98. The highest BCUT2D eigenvalue weighted by atomic mass is 15.3. The van der Waals surface area contributed by atoms with Crippen molar-refractivity contribution in [3.05, 3.63) is 47.5 Å². The van der Waals surface area contributed by atoms with Gasteiger partial charge in [0.1, 0.15) is 0 Å². The molecule has 0 fully saturated rings. The van der Waals surface area contributed by atoms with E-state index in [0.29, 0.717) is 0 Å². The van der Waals surface area contributed by atoms with Crippen LogP contribution >= 0.6 is 0 Å². The Kier molecular flexibility index (Phi) is 3.31. The molecule has 16 heavy (non-hydrogen) atoms. The Labute approximate surface area is 95.3 Å². The predicted molar refractivity (Wildman–Crippen MR) is 63.1 cm³/mol. The molecule has 0 spiro atoms. The van der Waals surface area contributed by atoms with E-state index in [1.165, 1.54) is 11.1 Å². The minimum absolute atomic E-state index is 0.730. The van der Waals surface area contributed by atoms with E-state index in [0.717, 1.165) is 18.8 Å². The van der Waals surface area contributed by atoms with Gasteiger partial charge in [0.05, 0.1) is 18.4 Å². The van der Waals surface area contributed by atoms with Crippen molar-refractivity contribution >= 4 is 0 Å². The molecule has 84 valence electrons. The number of pyridine rings is 1. The topological polar surface area (TPSA) is 42.7 Å². The Morgan fingerprint density at radius 3 is 2.75 bits per heavy atom. The molecule has 0 aliphatic carbocycles. The van der Waals surface area contributed by atoms with E-state index in [1.54, 1.807) is 0 Å². The van der Waals surface area contributed by atoms with Gasteiger partial charge in [-0.1, -0.05) is 6.07 Å². The van der Waals surface area contributed by atoms with Gasteiger partial charge in [0, 0.05) is 18.9 Å². The van der Waals surface area contributed by atoms with Crippen LogP contribution in [0.3, 0.4) is 0 Å². The van der Waals surface area contributed by atoms with Crippen LogP contribution in [0, 0.1) is 6.92 Å². The molecule has 0 saturated carbocycles. The van der Waals surface area contributed by atoms with Crippen LogP contribution < -0.4 is 5.32 Å². The fraction of sp³-hybridized carbons (Fsp3) is 0.333. The minimum Gasteiger partial charge on any atom is -0.316 e. The van der Waals surface area contributed by atoms with Crippen LogP contribution in [-0.4, -0.2) is 21.8 Å². The fourth-order valence-corrected chi connectivity index (χ4v) is 1.58. The molecule has 0 aliphatic heterocycles. The molecule has 4 nitrogen and oxygen atoms in total. The smallest absolute Gasteiger partial charge is 0.0831 e.